The summed E-state index contributed by atoms with van der Waals surface area (Å²) >= 11 is 0. The van der Waals surface area contributed by atoms with Crippen LogP contribution in [0.2, 0.25) is 0 Å². The van der Waals surface area contributed by atoms with Gasteiger partial charge in [0.05, 0.1) is 0 Å². The SMILES string of the molecule is C/C=C(\C)c1ccc(OCC(=O)O)c(C(C)(C)CC)c1. The molecule has 3 nitrogen and oxygen atoms in total. The molecular weight excluding hydrogens is 252 g/mol. The molecule has 0 saturated heterocycles. The smallest absolute Gasteiger partial charge is 0.341 e. The Labute approximate surface area is 121 Å². The van der Waals surface area contributed by atoms with Crippen molar-refractivity contribution < 1.29 is 14.6 Å². The van der Waals surface area contributed by atoms with Crippen LogP contribution in [0.15, 0.2) is 24.3 Å². The van der Waals surface area contributed by atoms with E-state index in [1.165, 1.54) is 5.57 Å². The van der Waals surface area contributed by atoms with Crippen molar-refractivity contribution in [2.45, 2.75) is 46.5 Å². The lowest BCUT2D eigenvalue weighted by molar-refractivity contribution is -0.139. The van der Waals surface area contributed by atoms with Gasteiger partial charge in [-0.05, 0) is 49.0 Å². The Morgan fingerprint density at radius 2 is 2.05 bits per heavy atom. The molecule has 1 aromatic rings. The fourth-order valence-electron chi connectivity index (χ4n) is 1.93. The fraction of sp³-hybridized carbons (Fsp3) is 0.471. The van der Waals surface area contributed by atoms with Gasteiger partial charge in [-0.25, -0.2) is 4.79 Å². The summed E-state index contributed by atoms with van der Waals surface area (Å²) in [6, 6.07) is 5.95. The van der Waals surface area contributed by atoms with Gasteiger partial charge in [0.15, 0.2) is 6.61 Å². The summed E-state index contributed by atoms with van der Waals surface area (Å²) in [4.78, 5) is 10.7. The number of allylic oxidation sites excluding steroid dienone is 2. The van der Waals surface area contributed by atoms with E-state index in [0.717, 1.165) is 17.5 Å². The van der Waals surface area contributed by atoms with E-state index in [0.29, 0.717) is 5.75 Å². The number of hydrogen-bond donors (Lipinski definition) is 1. The molecule has 0 spiro atoms. The van der Waals surface area contributed by atoms with Crippen LogP contribution in [-0.2, 0) is 10.2 Å². The molecule has 0 amide bonds. The van der Waals surface area contributed by atoms with E-state index in [1.54, 1.807) is 0 Å². The molecule has 0 radical (unpaired) electrons. The van der Waals surface area contributed by atoms with Crippen LogP contribution < -0.4 is 4.74 Å². The van der Waals surface area contributed by atoms with E-state index in [2.05, 4.69) is 39.8 Å². The minimum atomic E-state index is -0.959. The van der Waals surface area contributed by atoms with Crippen LogP contribution in [0, 0.1) is 0 Å². The van der Waals surface area contributed by atoms with E-state index in [9.17, 15) is 4.79 Å². The van der Waals surface area contributed by atoms with Crippen molar-refractivity contribution in [1.82, 2.24) is 0 Å². The largest absolute Gasteiger partial charge is 0.482 e. The summed E-state index contributed by atoms with van der Waals surface area (Å²) in [7, 11) is 0. The van der Waals surface area contributed by atoms with Gasteiger partial charge in [-0.15, -0.1) is 0 Å². The average Bonchev–Trinajstić information content (AvgIpc) is 2.43. The van der Waals surface area contributed by atoms with Gasteiger partial charge in [0.1, 0.15) is 5.75 Å². The molecule has 0 saturated carbocycles. The maximum atomic E-state index is 10.7. The first-order valence-corrected chi connectivity index (χ1v) is 6.94. The Kier molecular flexibility index (Phi) is 5.37. The van der Waals surface area contributed by atoms with Crippen LogP contribution in [0.3, 0.4) is 0 Å². The third-order valence-corrected chi connectivity index (χ3v) is 3.83. The molecule has 0 atom stereocenters. The van der Waals surface area contributed by atoms with Crippen LogP contribution >= 0.6 is 0 Å². The number of carboxylic acid groups (broad SMARTS) is 1. The number of carboxylic acids is 1. The molecule has 0 aliphatic carbocycles. The molecule has 0 bridgehead atoms. The number of aliphatic carboxylic acids is 1. The summed E-state index contributed by atoms with van der Waals surface area (Å²) in [5.41, 5.74) is 3.34. The minimum absolute atomic E-state index is 0.0577. The normalized spacial score (nSPS) is 12.3. The van der Waals surface area contributed by atoms with Gasteiger partial charge >= 0.3 is 5.97 Å². The lowest BCUT2D eigenvalue weighted by atomic mass is 9.80. The molecule has 0 aromatic heterocycles. The van der Waals surface area contributed by atoms with E-state index in [1.807, 2.05) is 19.1 Å². The van der Waals surface area contributed by atoms with Crippen molar-refractivity contribution >= 4 is 11.5 Å². The second kappa shape index (κ2) is 6.60. The van der Waals surface area contributed by atoms with Crippen molar-refractivity contribution in [2.75, 3.05) is 6.61 Å². The second-order valence-electron chi connectivity index (χ2n) is 5.60. The average molecular weight is 276 g/mol. The second-order valence-corrected chi connectivity index (χ2v) is 5.60. The molecular formula is C17H24O3. The van der Waals surface area contributed by atoms with Gasteiger partial charge in [-0.1, -0.05) is 32.9 Å². The molecule has 1 aromatic carbocycles. The molecule has 3 heteroatoms. The first-order chi connectivity index (χ1) is 9.31. The summed E-state index contributed by atoms with van der Waals surface area (Å²) in [6.07, 6.45) is 3.02. The van der Waals surface area contributed by atoms with Gasteiger partial charge in [0.25, 0.3) is 0 Å². The number of rotatable bonds is 6. The van der Waals surface area contributed by atoms with E-state index < -0.39 is 5.97 Å². The Morgan fingerprint density at radius 3 is 2.55 bits per heavy atom. The van der Waals surface area contributed by atoms with Crippen molar-refractivity contribution in [3.63, 3.8) is 0 Å². The highest BCUT2D eigenvalue weighted by Crippen LogP contribution is 2.36. The first kappa shape index (κ1) is 16.3. The molecule has 20 heavy (non-hydrogen) atoms. The van der Waals surface area contributed by atoms with E-state index >= 15 is 0 Å². The van der Waals surface area contributed by atoms with E-state index in [-0.39, 0.29) is 12.0 Å². The molecule has 1 N–H and O–H groups in total. The van der Waals surface area contributed by atoms with Crippen LogP contribution in [-0.4, -0.2) is 17.7 Å². The zero-order valence-corrected chi connectivity index (χ0v) is 13.0. The van der Waals surface area contributed by atoms with Crippen molar-refractivity contribution in [2.24, 2.45) is 0 Å². The maximum absolute atomic E-state index is 10.7. The van der Waals surface area contributed by atoms with Crippen LogP contribution in [0.1, 0.15) is 52.2 Å². The number of benzene rings is 1. The highest BCUT2D eigenvalue weighted by Gasteiger charge is 2.23. The quantitative estimate of drug-likeness (QED) is 0.844. The van der Waals surface area contributed by atoms with Crippen LogP contribution in [0.4, 0.5) is 0 Å². The monoisotopic (exact) mass is 276 g/mol. The molecule has 110 valence electrons. The highest BCUT2D eigenvalue weighted by molar-refractivity contribution is 5.69. The van der Waals surface area contributed by atoms with Crippen molar-refractivity contribution in [1.29, 1.82) is 0 Å². The van der Waals surface area contributed by atoms with Crippen LogP contribution in [0.5, 0.6) is 5.75 Å². The molecule has 0 heterocycles. The minimum Gasteiger partial charge on any atom is -0.482 e. The third-order valence-electron chi connectivity index (χ3n) is 3.83. The Morgan fingerprint density at radius 1 is 1.40 bits per heavy atom. The highest BCUT2D eigenvalue weighted by atomic mass is 16.5. The summed E-state index contributed by atoms with van der Waals surface area (Å²) in [6.45, 7) is 10.2. The third kappa shape index (κ3) is 3.86. The zero-order valence-electron chi connectivity index (χ0n) is 13.0. The number of ether oxygens (including phenoxy) is 1. The standard InChI is InChI=1S/C17H24O3/c1-6-12(3)13-8-9-15(20-11-16(18)19)14(10-13)17(4,5)7-2/h6,8-10H,7,11H2,1-5H3,(H,18,19)/b12-6+. The first-order valence-electron chi connectivity index (χ1n) is 6.94. The molecule has 0 aliphatic rings. The summed E-state index contributed by atoms with van der Waals surface area (Å²) in [5, 5.41) is 8.77. The number of carbonyl (C=O) groups is 1. The van der Waals surface area contributed by atoms with E-state index in [4.69, 9.17) is 9.84 Å². The predicted octanol–water partition coefficient (Wildman–Crippen LogP) is 4.26. The lowest BCUT2D eigenvalue weighted by Gasteiger charge is -2.26. The van der Waals surface area contributed by atoms with Gasteiger partial charge in [-0.3, -0.25) is 0 Å². The van der Waals surface area contributed by atoms with Gasteiger partial charge < -0.3 is 9.84 Å². The maximum Gasteiger partial charge on any atom is 0.341 e. The lowest BCUT2D eigenvalue weighted by Crippen LogP contribution is -2.19. The summed E-state index contributed by atoms with van der Waals surface area (Å²) < 4.78 is 5.44. The summed E-state index contributed by atoms with van der Waals surface area (Å²) in [5.74, 6) is -0.300. The molecule has 1 rings (SSSR count). The van der Waals surface area contributed by atoms with Gasteiger partial charge in [-0.2, -0.15) is 0 Å². The Hall–Kier alpha value is -1.77. The molecule has 0 unspecified atom stereocenters. The van der Waals surface area contributed by atoms with Crippen molar-refractivity contribution in [3.05, 3.63) is 35.4 Å². The Bertz CT molecular complexity index is 513. The molecule has 0 aliphatic heterocycles. The van der Waals surface area contributed by atoms with Crippen molar-refractivity contribution in [3.8, 4) is 5.75 Å². The Balaban J connectivity index is 3.27. The topological polar surface area (TPSA) is 46.5 Å². The van der Waals surface area contributed by atoms with Crippen LogP contribution in [0.25, 0.3) is 5.57 Å². The van der Waals surface area contributed by atoms with Gasteiger partial charge in [0, 0.05) is 5.56 Å². The zero-order chi connectivity index (χ0) is 15.3. The number of hydrogen-bond acceptors (Lipinski definition) is 2. The fourth-order valence-corrected chi connectivity index (χ4v) is 1.93. The predicted molar refractivity (Wildman–Crippen MR) is 82.2 cm³/mol. The van der Waals surface area contributed by atoms with Gasteiger partial charge in [0.2, 0.25) is 0 Å². The molecule has 0 fully saturated rings.